The normalized spacial score (nSPS) is 11.1. The summed E-state index contributed by atoms with van der Waals surface area (Å²) in [4.78, 5) is 3.49. The molecule has 0 amide bonds. The van der Waals surface area contributed by atoms with E-state index in [2.05, 4.69) is 54.7 Å². The number of aromatic nitrogens is 1. The van der Waals surface area contributed by atoms with E-state index in [0.29, 0.717) is 5.69 Å². The highest BCUT2D eigenvalue weighted by molar-refractivity contribution is 6.09. The van der Waals surface area contributed by atoms with Crippen molar-refractivity contribution < 1.29 is 8.98 Å². The van der Waals surface area contributed by atoms with E-state index in [1.54, 1.807) is 0 Å². The van der Waals surface area contributed by atoms with E-state index in [4.69, 9.17) is 11.0 Å². The molecule has 0 fully saturated rings. The number of benzene rings is 2. The third kappa shape index (κ3) is 2.00. The Morgan fingerprint density at radius 2 is 1.83 bits per heavy atom. The number of fused-ring (bicyclic) bond motifs is 3. The summed E-state index contributed by atoms with van der Waals surface area (Å²) < 4.78 is 8.20. The molecule has 0 saturated carbocycles. The molecule has 0 atom stereocenters. The van der Waals surface area contributed by atoms with Crippen LogP contribution in [0.25, 0.3) is 38.0 Å². The van der Waals surface area contributed by atoms with E-state index in [9.17, 15) is 0 Å². The van der Waals surface area contributed by atoms with Crippen molar-refractivity contribution in [2.24, 2.45) is 7.05 Å². The van der Waals surface area contributed by atoms with Crippen LogP contribution in [0.2, 0.25) is 0 Å². The lowest BCUT2D eigenvalue weighted by Crippen LogP contribution is -2.30. The predicted molar refractivity (Wildman–Crippen MR) is 96.1 cm³/mol. The lowest BCUT2D eigenvalue weighted by atomic mass is 9.95. The summed E-state index contributed by atoms with van der Waals surface area (Å²) in [6.07, 6.45) is 2.05. The minimum atomic E-state index is 0.602. The van der Waals surface area contributed by atoms with Gasteiger partial charge in [-0.1, -0.05) is 12.1 Å². The van der Waals surface area contributed by atoms with Crippen molar-refractivity contribution in [3.63, 3.8) is 0 Å². The first kappa shape index (κ1) is 14.5. The molecule has 2 aromatic heterocycles. The summed E-state index contributed by atoms with van der Waals surface area (Å²) >= 11 is 0. The van der Waals surface area contributed by atoms with Crippen LogP contribution in [0, 0.1) is 20.4 Å². The minimum Gasteiger partial charge on any atom is -0.457 e. The second-order valence-corrected chi connectivity index (χ2v) is 6.14. The van der Waals surface area contributed by atoms with Crippen molar-refractivity contribution in [1.29, 1.82) is 0 Å². The molecule has 4 rings (SSSR count). The minimum absolute atomic E-state index is 0.602. The molecule has 0 aliphatic heterocycles. The molecule has 3 heteroatoms. The molecule has 4 aromatic rings. The number of pyridine rings is 1. The van der Waals surface area contributed by atoms with E-state index < -0.39 is 0 Å². The smallest absolute Gasteiger partial charge is 0.212 e. The zero-order valence-corrected chi connectivity index (χ0v) is 13.9. The zero-order chi connectivity index (χ0) is 16.8. The van der Waals surface area contributed by atoms with Crippen LogP contribution in [-0.4, -0.2) is 0 Å². The number of aryl methyl sites for hydroxylation is 2. The van der Waals surface area contributed by atoms with Crippen LogP contribution in [0.3, 0.4) is 0 Å². The number of rotatable bonds is 1. The second-order valence-electron chi connectivity index (χ2n) is 6.14. The number of furan rings is 1. The van der Waals surface area contributed by atoms with E-state index in [0.717, 1.165) is 27.6 Å². The molecule has 0 bridgehead atoms. The Kier molecular flexibility index (Phi) is 3.14. The summed E-state index contributed by atoms with van der Waals surface area (Å²) in [5.41, 5.74) is 7.05. The lowest BCUT2D eigenvalue weighted by Gasteiger charge is -2.08. The maximum atomic E-state index is 7.18. The van der Waals surface area contributed by atoms with E-state index >= 15 is 0 Å². The summed E-state index contributed by atoms with van der Waals surface area (Å²) in [6.45, 7) is 11.5. The lowest BCUT2D eigenvalue weighted by molar-refractivity contribution is -0.660. The van der Waals surface area contributed by atoms with Crippen molar-refractivity contribution >= 4 is 27.6 Å². The highest BCUT2D eigenvalue weighted by Crippen LogP contribution is 2.38. The molecule has 2 heterocycles. The maximum absolute atomic E-state index is 7.18. The molecule has 0 aliphatic rings. The zero-order valence-electron chi connectivity index (χ0n) is 13.9. The molecule has 0 spiro atoms. The standard InChI is InChI=1S/C21H17N2O/c1-13-14(2)21-16-9-8-15(22-3)11-19(16)24-20(21)12-17(13)18-7-5-6-10-23(18)4/h5-12H,1-2,4H3/q+1. The van der Waals surface area contributed by atoms with Gasteiger partial charge < -0.3 is 4.42 Å². The largest absolute Gasteiger partial charge is 0.457 e. The van der Waals surface area contributed by atoms with Gasteiger partial charge in [0.05, 0.1) is 12.1 Å². The monoisotopic (exact) mass is 313 g/mol. The first-order chi connectivity index (χ1) is 11.6. The maximum Gasteiger partial charge on any atom is 0.212 e. The van der Waals surface area contributed by atoms with Gasteiger partial charge in [-0.15, -0.1) is 0 Å². The van der Waals surface area contributed by atoms with Crippen LogP contribution in [0.4, 0.5) is 5.69 Å². The molecule has 2 aromatic carbocycles. The van der Waals surface area contributed by atoms with Gasteiger partial charge in [0.15, 0.2) is 11.9 Å². The average Bonchev–Trinajstić information content (AvgIpc) is 2.96. The molecule has 3 nitrogen and oxygen atoms in total. The number of hydrogen-bond acceptors (Lipinski definition) is 1. The molecule has 0 aliphatic carbocycles. The van der Waals surface area contributed by atoms with E-state index in [-0.39, 0.29) is 0 Å². The third-order valence-corrected chi connectivity index (χ3v) is 4.78. The summed E-state index contributed by atoms with van der Waals surface area (Å²) in [5, 5.41) is 2.21. The average molecular weight is 313 g/mol. The highest BCUT2D eigenvalue weighted by atomic mass is 16.3. The Balaban J connectivity index is 2.09. The van der Waals surface area contributed by atoms with Crippen LogP contribution in [-0.2, 0) is 7.05 Å². The fourth-order valence-electron chi connectivity index (χ4n) is 3.36. The molecule has 0 saturated heterocycles. The van der Waals surface area contributed by atoms with Gasteiger partial charge in [-0.2, -0.15) is 0 Å². The van der Waals surface area contributed by atoms with Crippen LogP contribution in [0.1, 0.15) is 11.1 Å². The van der Waals surface area contributed by atoms with Gasteiger partial charge in [-0.3, -0.25) is 0 Å². The van der Waals surface area contributed by atoms with Crippen LogP contribution in [0.5, 0.6) is 0 Å². The fourth-order valence-corrected chi connectivity index (χ4v) is 3.36. The van der Waals surface area contributed by atoms with Gasteiger partial charge in [0, 0.05) is 22.9 Å². The molecule has 0 radical (unpaired) electrons. The van der Waals surface area contributed by atoms with Crippen molar-refractivity contribution in [3.05, 3.63) is 71.2 Å². The van der Waals surface area contributed by atoms with Crippen LogP contribution >= 0.6 is 0 Å². The summed E-state index contributed by atoms with van der Waals surface area (Å²) in [7, 11) is 2.05. The Labute approximate surface area is 140 Å². The van der Waals surface area contributed by atoms with Crippen LogP contribution < -0.4 is 4.57 Å². The Hall–Kier alpha value is -3.12. The summed E-state index contributed by atoms with van der Waals surface area (Å²) in [5.74, 6) is 0. The Bertz CT molecular complexity index is 1150. The second kappa shape index (κ2) is 5.21. The first-order valence-corrected chi connectivity index (χ1v) is 7.89. The van der Waals surface area contributed by atoms with Gasteiger partial charge in [0.25, 0.3) is 0 Å². The summed E-state index contributed by atoms with van der Waals surface area (Å²) in [6, 6.07) is 14.0. The first-order valence-electron chi connectivity index (χ1n) is 7.89. The Morgan fingerprint density at radius 1 is 1.00 bits per heavy atom. The van der Waals surface area contributed by atoms with Gasteiger partial charge in [0.1, 0.15) is 18.2 Å². The molecule has 24 heavy (non-hydrogen) atoms. The number of nitrogens with zero attached hydrogens (tertiary/aromatic N) is 2. The SMILES string of the molecule is [C-]#[N+]c1ccc2c(c1)oc1cc(-c3cccc[n+]3C)c(C)c(C)c12. The molecule has 0 unspecified atom stereocenters. The molecular weight excluding hydrogens is 296 g/mol. The van der Waals surface area contributed by atoms with Crippen molar-refractivity contribution in [1.82, 2.24) is 0 Å². The van der Waals surface area contributed by atoms with Gasteiger partial charge >= 0.3 is 0 Å². The van der Waals surface area contributed by atoms with Crippen LogP contribution in [0.15, 0.2) is 53.1 Å². The van der Waals surface area contributed by atoms with E-state index in [1.165, 1.54) is 16.7 Å². The Morgan fingerprint density at radius 3 is 2.58 bits per heavy atom. The topological polar surface area (TPSA) is 21.4 Å². The molecule has 116 valence electrons. The molecule has 0 N–H and O–H groups in total. The van der Waals surface area contributed by atoms with Gasteiger partial charge in [-0.05, 0) is 43.2 Å². The van der Waals surface area contributed by atoms with Crippen molar-refractivity contribution in [3.8, 4) is 11.3 Å². The van der Waals surface area contributed by atoms with Gasteiger partial charge in [0.2, 0.25) is 5.69 Å². The number of hydrogen-bond donors (Lipinski definition) is 0. The fraction of sp³-hybridized carbons (Fsp3) is 0.143. The molecular formula is C21H17N2O+. The van der Waals surface area contributed by atoms with Gasteiger partial charge in [-0.25, -0.2) is 9.41 Å². The third-order valence-electron chi connectivity index (χ3n) is 4.78. The van der Waals surface area contributed by atoms with E-state index in [1.807, 2.05) is 24.3 Å². The highest BCUT2D eigenvalue weighted by Gasteiger charge is 2.19. The predicted octanol–water partition coefficient (Wildman–Crippen LogP) is 5.25. The van der Waals surface area contributed by atoms with Crippen molar-refractivity contribution in [2.75, 3.05) is 0 Å². The van der Waals surface area contributed by atoms with Crippen molar-refractivity contribution in [2.45, 2.75) is 13.8 Å². The quantitative estimate of drug-likeness (QED) is 0.347.